The van der Waals surface area contributed by atoms with E-state index >= 15 is 0 Å². The smallest absolute Gasteiger partial charge is 0.311 e. The van der Waals surface area contributed by atoms with Gasteiger partial charge in [-0.25, -0.2) is 0 Å². The van der Waals surface area contributed by atoms with Crippen LogP contribution in [0, 0.1) is 5.92 Å². The molecule has 0 fully saturated rings. The van der Waals surface area contributed by atoms with E-state index in [9.17, 15) is 9.59 Å². The minimum Gasteiger partial charge on any atom is -0.452 e. The summed E-state index contributed by atoms with van der Waals surface area (Å²) in [6, 6.07) is 9.36. The molecule has 21 heavy (non-hydrogen) atoms. The Morgan fingerprint density at radius 1 is 1.14 bits per heavy atom. The molecule has 0 spiro atoms. The van der Waals surface area contributed by atoms with Crippen LogP contribution in [0.1, 0.15) is 40.2 Å². The molecule has 1 amide bonds. The standard InChI is InChI=1S/C17H25NO3/c1-12(2)15(16(20)18-17(3,4)5)21-14(19)11-13-9-7-6-8-10-13/h6-10,12,15H,11H2,1-5H3,(H,18,20). The third-order valence-electron chi connectivity index (χ3n) is 2.81. The molecule has 0 aliphatic carbocycles. The van der Waals surface area contributed by atoms with Crippen molar-refractivity contribution in [1.29, 1.82) is 0 Å². The molecule has 0 saturated heterocycles. The van der Waals surface area contributed by atoms with E-state index in [1.165, 1.54) is 0 Å². The highest BCUT2D eigenvalue weighted by molar-refractivity contribution is 5.85. The Balaban J connectivity index is 2.66. The van der Waals surface area contributed by atoms with Gasteiger partial charge in [0.15, 0.2) is 6.10 Å². The van der Waals surface area contributed by atoms with Gasteiger partial charge in [0.2, 0.25) is 0 Å². The lowest BCUT2D eigenvalue weighted by Crippen LogP contribution is -2.49. The Morgan fingerprint density at radius 2 is 1.71 bits per heavy atom. The van der Waals surface area contributed by atoms with E-state index in [1.54, 1.807) is 0 Å². The first kappa shape index (κ1) is 17.2. The highest BCUT2D eigenvalue weighted by atomic mass is 16.5. The predicted octanol–water partition coefficient (Wildman–Crippen LogP) is 2.71. The van der Waals surface area contributed by atoms with Crippen LogP contribution in [-0.2, 0) is 20.7 Å². The van der Waals surface area contributed by atoms with E-state index in [-0.39, 0.29) is 29.8 Å². The van der Waals surface area contributed by atoms with Crippen molar-refractivity contribution in [2.24, 2.45) is 5.92 Å². The van der Waals surface area contributed by atoms with Gasteiger partial charge in [0.1, 0.15) is 0 Å². The van der Waals surface area contributed by atoms with Crippen molar-refractivity contribution in [1.82, 2.24) is 5.32 Å². The zero-order valence-corrected chi connectivity index (χ0v) is 13.5. The molecule has 4 nitrogen and oxygen atoms in total. The van der Waals surface area contributed by atoms with Crippen LogP contribution in [0.5, 0.6) is 0 Å². The van der Waals surface area contributed by atoms with Crippen LogP contribution < -0.4 is 5.32 Å². The number of carbonyl (C=O) groups is 2. The summed E-state index contributed by atoms with van der Waals surface area (Å²) in [5.74, 6) is -0.713. The van der Waals surface area contributed by atoms with Gasteiger partial charge in [-0.3, -0.25) is 9.59 Å². The summed E-state index contributed by atoms with van der Waals surface area (Å²) >= 11 is 0. The molecule has 116 valence electrons. The first-order chi connectivity index (χ1) is 9.69. The molecule has 0 aromatic heterocycles. The van der Waals surface area contributed by atoms with Gasteiger partial charge in [0.25, 0.3) is 5.91 Å². The number of rotatable bonds is 5. The quantitative estimate of drug-likeness (QED) is 0.849. The molecule has 1 N–H and O–H groups in total. The molecule has 0 heterocycles. The number of ether oxygens (including phenoxy) is 1. The summed E-state index contributed by atoms with van der Waals surface area (Å²) < 4.78 is 5.37. The average Bonchev–Trinajstić information content (AvgIpc) is 2.34. The van der Waals surface area contributed by atoms with Crippen LogP contribution in [0.4, 0.5) is 0 Å². The van der Waals surface area contributed by atoms with E-state index in [0.717, 1.165) is 5.56 Å². The maximum atomic E-state index is 12.2. The van der Waals surface area contributed by atoms with Gasteiger partial charge in [-0.05, 0) is 32.3 Å². The lowest BCUT2D eigenvalue weighted by molar-refractivity contribution is -0.158. The molecule has 1 rings (SSSR count). The third kappa shape index (κ3) is 6.43. The summed E-state index contributed by atoms with van der Waals surface area (Å²) in [6.45, 7) is 9.42. The minimum atomic E-state index is -0.763. The molecular weight excluding hydrogens is 266 g/mol. The fourth-order valence-corrected chi connectivity index (χ4v) is 1.88. The average molecular weight is 291 g/mol. The van der Waals surface area contributed by atoms with Crippen molar-refractivity contribution in [2.45, 2.75) is 52.7 Å². The number of hydrogen-bond donors (Lipinski definition) is 1. The Morgan fingerprint density at radius 3 is 2.19 bits per heavy atom. The van der Waals surface area contributed by atoms with Gasteiger partial charge in [0.05, 0.1) is 6.42 Å². The SMILES string of the molecule is CC(C)C(OC(=O)Cc1ccccc1)C(=O)NC(C)(C)C. The van der Waals surface area contributed by atoms with Crippen molar-refractivity contribution in [2.75, 3.05) is 0 Å². The molecule has 0 aliphatic heterocycles. The number of hydrogen-bond acceptors (Lipinski definition) is 3. The highest BCUT2D eigenvalue weighted by Gasteiger charge is 2.28. The first-order valence-electron chi connectivity index (χ1n) is 7.24. The molecule has 1 atom stereocenters. The molecule has 0 aliphatic rings. The summed E-state index contributed by atoms with van der Waals surface area (Å²) in [5, 5.41) is 2.85. The second kappa shape index (κ2) is 7.25. The molecule has 4 heteroatoms. The Hall–Kier alpha value is -1.84. The maximum Gasteiger partial charge on any atom is 0.311 e. The zero-order valence-electron chi connectivity index (χ0n) is 13.5. The second-order valence-corrected chi connectivity index (χ2v) is 6.56. The molecule has 0 radical (unpaired) electrons. The van der Waals surface area contributed by atoms with Crippen LogP contribution >= 0.6 is 0 Å². The first-order valence-corrected chi connectivity index (χ1v) is 7.24. The van der Waals surface area contributed by atoms with Crippen molar-refractivity contribution in [3.8, 4) is 0 Å². The number of benzene rings is 1. The van der Waals surface area contributed by atoms with E-state index in [4.69, 9.17) is 4.74 Å². The van der Waals surface area contributed by atoms with Crippen LogP contribution in [-0.4, -0.2) is 23.5 Å². The van der Waals surface area contributed by atoms with E-state index < -0.39 is 6.10 Å². The van der Waals surface area contributed by atoms with Gasteiger partial charge in [0, 0.05) is 5.54 Å². The fraction of sp³-hybridized carbons (Fsp3) is 0.529. The van der Waals surface area contributed by atoms with Gasteiger partial charge >= 0.3 is 5.97 Å². The molecule has 1 aromatic carbocycles. The lowest BCUT2D eigenvalue weighted by Gasteiger charge is -2.26. The molecule has 0 saturated carbocycles. The summed E-state index contributed by atoms with van der Waals surface area (Å²) in [5.41, 5.74) is 0.525. The summed E-state index contributed by atoms with van der Waals surface area (Å²) in [7, 11) is 0. The normalized spacial score (nSPS) is 12.9. The van der Waals surface area contributed by atoms with Gasteiger partial charge < -0.3 is 10.1 Å². The minimum absolute atomic E-state index is 0.0768. The topological polar surface area (TPSA) is 55.4 Å². The molecule has 1 aromatic rings. The van der Waals surface area contributed by atoms with E-state index in [0.29, 0.717) is 0 Å². The third-order valence-corrected chi connectivity index (χ3v) is 2.81. The lowest BCUT2D eigenvalue weighted by atomic mass is 10.0. The number of nitrogens with one attached hydrogen (secondary N) is 1. The van der Waals surface area contributed by atoms with Crippen molar-refractivity contribution in [3.05, 3.63) is 35.9 Å². The van der Waals surface area contributed by atoms with Crippen molar-refractivity contribution in [3.63, 3.8) is 0 Å². The number of esters is 1. The van der Waals surface area contributed by atoms with Crippen LogP contribution in [0.25, 0.3) is 0 Å². The Kier molecular flexibility index (Phi) is 5.94. The van der Waals surface area contributed by atoms with Crippen LogP contribution in [0.3, 0.4) is 0 Å². The fourth-order valence-electron chi connectivity index (χ4n) is 1.88. The van der Waals surface area contributed by atoms with Gasteiger partial charge in [-0.2, -0.15) is 0 Å². The Labute approximate surface area is 126 Å². The Bertz CT molecular complexity index is 475. The van der Waals surface area contributed by atoms with Crippen LogP contribution in [0.15, 0.2) is 30.3 Å². The number of amides is 1. The molecular formula is C17H25NO3. The highest BCUT2D eigenvalue weighted by Crippen LogP contribution is 2.11. The predicted molar refractivity (Wildman–Crippen MR) is 82.8 cm³/mol. The van der Waals surface area contributed by atoms with E-state index in [2.05, 4.69) is 5.32 Å². The zero-order chi connectivity index (χ0) is 16.0. The summed E-state index contributed by atoms with van der Waals surface area (Å²) in [4.78, 5) is 24.2. The van der Waals surface area contributed by atoms with Gasteiger partial charge in [-0.15, -0.1) is 0 Å². The summed E-state index contributed by atoms with van der Waals surface area (Å²) in [6.07, 6.45) is -0.590. The molecule has 0 bridgehead atoms. The monoisotopic (exact) mass is 291 g/mol. The maximum absolute atomic E-state index is 12.2. The molecule has 1 unspecified atom stereocenters. The van der Waals surface area contributed by atoms with Crippen LogP contribution in [0.2, 0.25) is 0 Å². The largest absolute Gasteiger partial charge is 0.452 e. The van der Waals surface area contributed by atoms with Crippen molar-refractivity contribution < 1.29 is 14.3 Å². The van der Waals surface area contributed by atoms with E-state index in [1.807, 2.05) is 65.0 Å². The second-order valence-electron chi connectivity index (χ2n) is 6.56. The number of carbonyl (C=O) groups excluding carboxylic acids is 2. The van der Waals surface area contributed by atoms with Crippen molar-refractivity contribution >= 4 is 11.9 Å². The van der Waals surface area contributed by atoms with Gasteiger partial charge in [-0.1, -0.05) is 44.2 Å².